The molecule has 12 heteroatoms. The van der Waals surface area contributed by atoms with Gasteiger partial charge in [0.25, 0.3) is 5.69 Å². The van der Waals surface area contributed by atoms with Crippen LogP contribution in [0.25, 0.3) is 0 Å². The molecule has 0 aliphatic rings. The van der Waals surface area contributed by atoms with Crippen LogP contribution in [-0.2, 0) is 9.59 Å². The summed E-state index contributed by atoms with van der Waals surface area (Å²) in [7, 11) is 0. The van der Waals surface area contributed by atoms with Crippen molar-refractivity contribution in [1.82, 2.24) is 5.43 Å². The van der Waals surface area contributed by atoms with Gasteiger partial charge in [0.1, 0.15) is 5.75 Å². The van der Waals surface area contributed by atoms with Crippen molar-refractivity contribution in [2.24, 2.45) is 5.10 Å². The molecule has 0 heterocycles. The number of ether oxygens (including phenoxy) is 1. The summed E-state index contributed by atoms with van der Waals surface area (Å²) in [5, 5.41) is 28.6. The second kappa shape index (κ2) is 11.7. The van der Waals surface area contributed by atoms with Crippen molar-refractivity contribution in [3.8, 4) is 11.5 Å². The van der Waals surface area contributed by atoms with Crippen LogP contribution in [0.2, 0.25) is 0 Å². The van der Waals surface area contributed by atoms with Crippen LogP contribution in [0.15, 0.2) is 77.9 Å². The fourth-order valence-corrected chi connectivity index (χ4v) is 2.84. The lowest BCUT2D eigenvalue weighted by Gasteiger charge is -2.07. The highest BCUT2D eigenvalue weighted by molar-refractivity contribution is 5.93. The zero-order valence-corrected chi connectivity index (χ0v) is 18.1. The topological polar surface area (TPSA) is 166 Å². The van der Waals surface area contributed by atoms with E-state index in [0.29, 0.717) is 11.3 Å². The summed E-state index contributed by atoms with van der Waals surface area (Å²) in [6.07, 6.45) is 1.25. The third-order valence-electron chi connectivity index (χ3n) is 4.48. The van der Waals surface area contributed by atoms with E-state index < -0.39 is 27.1 Å². The lowest BCUT2D eigenvalue weighted by Crippen LogP contribution is -2.20. The number of nitro benzene ring substituents is 2. The van der Waals surface area contributed by atoms with Gasteiger partial charge in [0, 0.05) is 24.6 Å². The van der Waals surface area contributed by atoms with Crippen molar-refractivity contribution < 1.29 is 24.2 Å². The summed E-state index contributed by atoms with van der Waals surface area (Å²) in [5.41, 5.74) is 2.48. The van der Waals surface area contributed by atoms with E-state index in [2.05, 4.69) is 15.8 Å². The minimum absolute atomic E-state index is 0.0202. The number of carbonyl (C=O) groups is 2. The summed E-state index contributed by atoms with van der Waals surface area (Å²) in [6, 6.07) is 18.2. The van der Waals surface area contributed by atoms with Crippen molar-refractivity contribution in [1.29, 1.82) is 0 Å². The van der Waals surface area contributed by atoms with Gasteiger partial charge < -0.3 is 10.1 Å². The first-order valence-electron chi connectivity index (χ1n) is 10.2. The van der Waals surface area contributed by atoms with Crippen molar-refractivity contribution in [3.05, 3.63) is 98.6 Å². The highest BCUT2D eigenvalue weighted by Gasteiger charge is 2.21. The minimum Gasteiger partial charge on any atom is -0.450 e. The van der Waals surface area contributed by atoms with E-state index in [4.69, 9.17) is 4.74 Å². The number of anilines is 1. The van der Waals surface area contributed by atoms with Gasteiger partial charge in [0.15, 0.2) is 0 Å². The van der Waals surface area contributed by atoms with Crippen LogP contribution in [0.5, 0.6) is 11.5 Å². The first-order chi connectivity index (χ1) is 16.8. The first kappa shape index (κ1) is 24.5. The standard InChI is InChI=1S/C23H19N5O7/c29-22(25-17-6-2-1-3-7-17)11-12-23(30)26-24-15-16-5-4-8-19(13-16)35-21-10-9-18(27(31)32)14-20(21)28(33)34/h1-10,13-15H,11-12H2,(H,25,29)(H,26,30). The smallest absolute Gasteiger partial charge is 0.318 e. The van der Waals surface area contributed by atoms with E-state index in [9.17, 15) is 29.8 Å². The van der Waals surface area contributed by atoms with Gasteiger partial charge in [0.2, 0.25) is 17.6 Å². The summed E-state index contributed by atoms with van der Waals surface area (Å²) in [6.45, 7) is 0. The van der Waals surface area contributed by atoms with Gasteiger partial charge in [-0.1, -0.05) is 30.3 Å². The molecule has 0 aliphatic carbocycles. The number of hydrazone groups is 1. The molecule has 2 amide bonds. The van der Waals surface area contributed by atoms with Crippen LogP contribution in [0.1, 0.15) is 18.4 Å². The predicted octanol–water partition coefficient (Wildman–Crippen LogP) is 4.16. The maximum Gasteiger partial charge on any atom is 0.318 e. The number of carbonyl (C=O) groups excluding carboxylic acids is 2. The highest BCUT2D eigenvalue weighted by atomic mass is 16.6. The molecular weight excluding hydrogens is 458 g/mol. The molecule has 0 fully saturated rings. The van der Waals surface area contributed by atoms with E-state index in [1.165, 1.54) is 18.3 Å². The number of hydrogen-bond donors (Lipinski definition) is 2. The molecule has 178 valence electrons. The fraction of sp³-hybridized carbons (Fsp3) is 0.0870. The Kier molecular flexibility index (Phi) is 8.16. The van der Waals surface area contributed by atoms with Crippen LogP contribution in [-0.4, -0.2) is 27.9 Å². The molecule has 35 heavy (non-hydrogen) atoms. The van der Waals surface area contributed by atoms with Crippen molar-refractivity contribution in [2.75, 3.05) is 5.32 Å². The molecule has 0 radical (unpaired) electrons. The number of non-ortho nitro benzene ring substituents is 1. The third kappa shape index (κ3) is 7.46. The largest absolute Gasteiger partial charge is 0.450 e. The Bertz CT molecular complexity index is 1280. The fourth-order valence-electron chi connectivity index (χ4n) is 2.84. The minimum atomic E-state index is -0.775. The Morgan fingerprint density at radius 3 is 2.34 bits per heavy atom. The normalized spacial score (nSPS) is 10.5. The Labute approximate surface area is 198 Å². The van der Waals surface area contributed by atoms with Gasteiger partial charge in [-0.05, 0) is 35.9 Å². The molecule has 0 saturated heterocycles. The number of nitrogens with one attached hydrogen (secondary N) is 2. The molecule has 0 atom stereocenters. The molecule has 0 aromatic heterocycles. The SMILES string of the molecule is O=C(CCC(=O)Nc1ccccc1)NN=Cc1cccc(Oc2ccc([N+](=O)[O-])cc2[N+](=O)[O-])c1. The molecule has 0 bridgehead atoms. The lowest BCUT2D eigenvalue weighted by atomic mass is 10.2. The zero-order valence-electron chi connectivity index (χ0n) is 18.1. The van der Waals surface area contributed by atoms with Gasteiger partial charge in [-0.3, -0.25) is 29.8 Å². The summed E-state index contributed by atoms with van der Waals surface area (Å²) < 4.78 is 5.53. The number of rotatable bonds is 10. The van der Waals surface area contributed by atoms with Crippen LogP contribution in [0.4, 0.5) is 17.1 Å². The van der Waals surface area contributed by atoms with Crippen molar-refractivity contribution in [2.45, 2.75) is 12.8 Å². The van der Waals surface area contributed by atoms with Crippen LogP contribution < -0.4 is 15.5 Å². The Morgan fingerprint density at radius 2 is 1.63 bits per heavy atom. The Hall–Kier alpha value is -5.13. The Balaban J connectivity index is 1.55. The summed E-state index contributed by atoms with van der Waals surface area (Å²) in [5.74, 6) is -0.717. The lowest BCUT2D eigenvalue weighted by molar-refractivity contribution is -0.394. The van der Waals surface area contributed by atoms with Gasteiger partial charge >= 0.3 is 5.69 Å². The molecule has 0 aliphatic heterocycles. The molecule has 0 unspecified atom stereocenters. The van der Waals surface area contributed by atoms with Gasteiger partial charge in [-0.15, -0.1) is 0 Å². The second-order valence-electron chi connectivity index (χ2n) is 7.05. The first-order valence-corrected chi connectivity index (χ1v) is 10.2. The van der Waals surface area contributed by atoms with Gasteiger partial charge in [0.05, 0.1) is 22.1 Å². The number of amides is 2. The quantitative estimate of drug-likeness (QED) is 0.251. The Morgan fingerprint density at radius 1 is 0.886 bits per heavy atom. The van der Waals surface area contributed by atoms with Crippen LogP contribution in [0.3, 0.4) is 0 Å². The van der Waals surface area contributed by atoms with Crippen LogP contribution >= 0.6 is 0 Å². The monoisotopic (exact) mass is 477 g/mol. The number of nitrogens with zero attached hydrogens (tertiary/aromatic N) is 3. The van der Waals surface area contributed by atoms with Gasteiger partial charge in [-0.2, -0.15) is 5.10 Å². The van der Waals surface area contributed by atoms with Crippen molar-refractivity contribution >= 4 is 35.1 Å². The van der Waals surface area contributed by atoms with Gasteiger partial charge in [-0.25, -0.2) is 5.43 Å². The molecule has 12 nitrogen and oxygen atoms in total. The number of benzene rings is 3. The predicted molar refractivity (Wildman–Crippen MR) is 126 cm³/mol. The average molecular weight is 477 g/mol. The van der Waals surface area contributed by atoms with E-state index in [1.807, 2.05) is 6.07 Å². The third-order valence-corrected chi connectivity index (χ3v) is 4.48. The number of nitro groups is 2. The molecule has 3 rings (SSSR count). The highest BCUT2D eigenvalue weighted by Crippen LogP contribution is 2.34. The molecule has 0 spiro atoms. The van der Waals surface area contributed by atoms with E-state index in [-0.39, 0.29) is 30.2 Å². The molecule has 3 aromatic rings. The number of para-hydroxylation sites is 1. The van der Waals surface area contributed by atoms with E-state index in [0.717, 1.165) is 18.2 Å². The zero-order chi connectivity index (χ0) is 25.2. The van der Waals surface area contributed by atoms with Crippen molar-refractivity contribution in [3.63, 3.8) is 0 Å². The van der Waals surface area contributed by atoms with E-state index in [1.54, 1.807) is 36.4 Å². The molecular formula is C23H19N5O7. The average Bonchev–Trinajstić information content (AvgIpc) is 2.83. The maximum atomic E-state index is 11.9. The summed E-state index contributed by atoms with van der Waals surface area (Å²) >= 11 is 0. The molecule has 3 aromatic carbocycles. The molecule has 2 N–H and O–H groups in total. The van der Waals surface area contributed by atoms with Crippen LogP contribution in [0, 0.1) is 20.2 Å². The summed E-state index contributed by atoms with van der Waals surface area (Å²) in [4.78, 5) is 44.4. The van der Waals surface area contributed by atoms with E-state index >= 15 is 0 Å². The number of hydrogen-bond acceptors (Lipinski definition) is 8. The molecule has 0 saturated carbocycles. The maximum absolute atomic E-state index is 11.9. The second-order valence-corrected chi connectivity index (χ2v) is 7.05.